The molecule has 2 aromatic heterocycles. The van der Waals surface area contributed by atoms with E-state index < -0.39 is 5.97 Å². The average Bonchev–Trinajstić information content (AvgIpc) is 2.87. The molecule has 0 saturated heterocycles. The molecular weight excluding hydrogens is 250 g/mol. The van der Waals surface area contributed by atoms with Gasteiger partial charge in [0.05, 0.1) is 6.20 Å². The number of carboxylic acids is 1. The van der Waals surface area contributed by atoms with E-state index in [0.29, 0.717) is 0 Å². The van der Waals surface area contributed by atoms with Crippen LogP contribution in [0.5, 0.6) is 0 Å². The van der Waals surface area contributed by atoms with Crippen molar-refractivity contribution in [1.82, 2.24) is 9.97 Å². The van der Waals surface area contributed by atoms with Gasteiger partial charge in [0.15, 0.2) is 5.13 Å². The summed E-state index contributed by atoms with van der Waals surface area (Å²) in [6, 6.07) is 3.92. The van der Waals surface area contributed by atoms with Gasteiger partial charge in [0.2, 0.25) is 0 Å². The van der Waals surface area contributed by atoms with E-state index in [2.05, 4.69) is 9.97 Å². The molecule has 1 N–H and O–H groups in total. The zero-order chi connectivity index (χ0) is 13.0. The lowest BCUT2D eigenvalue weighted by atomic mass is 10.2. The lowest BCUT2D eigenvalue weighted by Crippen LogP contribution is -2.19. The van der Waals surface area contributed by atoms with Crippen LogP contribution >= 0.6 is 11.3 Å². The SMILES string of the molecule is CN(CCc1cccnc1)c1ncc(C(=O)O)s1. The molecule has 0 atom stereocenters. The number of aromatic nitrogens is 2. The quantitative estimate of drug-likeness (QED) is 0.892. The first-order valence-electron chi connectivity index (χ1n) is 5.46. The Morgan fingerprint density at radius 3 is 2.94 bits per heavy atom. The maximum absolute atomic E-state index is 10.8. The molecule has 6 heteroatoms. The van der Waals surface area contributed by atoms with Crippen LogP contribution in [-0.4, -0.2) is 34.6 Å². The number of pyridine rings is 1. The molecule has 0 spiro atoms. The Morgan fingerprint density at radius 2 is 2.33 bits per heavy atom. The van der Waals surface area contributed by atoms with Crippen LogP contribution in [-0.2, 0) is 6.42 Å². The smallest absolute Gasteiger partial charge is 0.347 e. The van der Waals surface area contributed by atoms with Gasteiger partial charge in [0, 0.05) is 26.0 Å². The number of thiazole rings is 1. The third-order valence-electron chi connectivity index (χ3n) is 2.49. The monoisotopic (exact) mass is 263 g/mol. The number of hydrogen-bond acceptors (Lipinski definition) is 5. The summed E-state index contributed by atoms with van der Waals surface area (Å²) in [6.45, 7) is 0.776. The Bertz CT molecular complexity index is 527. The fourth-order valence-electron chi connectivity index (χ4n) is 1.48. The van der Waals surface area contributed by atoms with Crippen LogP contribution < -0.4 is 4.90 Å². The summed E-state index contributed by atoms with van der Waals surface area (Å²) in [5.41, 5.74) is 1.15. The third-order valence-corrected chi connectivity index (χ3v) is 3.59. The molecular formula is C12H13N3O2S. The minimum atomic E-state index is -0.931. The Balaban J connectivity index is 1.95. The van der Waals surface area contributed by atoms with E-state index in [0.717, 1.165) is 23.7 Å². The maximum atomic E-state index is 10.8. The number of rotatable bonds is 5. The topological polar surface area (TPSA) is 66.3 Å². The molecule has 0 aromatic carbocycles. The fourth-order valence-corrected chi connectivity index (χ4v) is 2.22. The summed E-state index contributed by atoms with van der Waals surface area (Å²) in [6.07, 6.45) is 5.82. The van der Waals surface area contributed by atoms with Crippen molar-refractivity contribution in [1.29, 1.82) is 0 Å². The minimum absolute atomic E-state index is 0.262. The molecule has 2 aromatic rings. The summed E-state index contributed by atoms with van der Waals surface area (Å²) < 4.78 is 0. The highest BCUT2D eigenvalue weighted by molar-refractivity contribution is 7.17. The van der Waals surface area contributed by atoms with Crippen molar-refractivity contribution in [3.05, 3.63) is 41.2 Å². The summed E-state index contributed by atoms with van der Waals surface area (Å²) in [5, 5.41) is 9.55. The first-order chi connectivity index (χ1) is 8.66. The van der Waals surface area contributed by atoms with E-state index in [-0.39, 0.29) is 4.88 Å². The van der Waals surface area contributed by atoms with Crippen LogP contribution in [0.1, 0.15) is 15.2 Å². The summed E-state index contributed by atoms with van der Waals surface area (Å²) in [7, 11) is 1.90. The van der Waals surface area contributed by atoms with Crippen LogP contribution in [0.3, 0.4) is 0 Å². The van der Waals surface area contributed by atoms with Crippen molar-refractivity contribution in [3.8, 4) is 0 Å². The van der Waals surface area contributed by atoms with Crippen LogP contribution in [0.15, 0.2) is 30.7 Å². The normalized spacial score (nSPS) is 10.3. The summed E-state index contributed by atoms with van der Waals surface area (Å²) in [5.74, 6) is -0.931. The van der Waals surface area contributed by atoms with Gasteiger partial charge in [-0.15, -0.1) is 0 Å². The fraction of sp³-hybridized carbons (Fsp3) is 0.250. The predicted molar refractivity (Wildman–Crippen MR) is 70.3 cm³/mol. The highest BCUT2D eigenvalue weighted by Gasteiger charge is 2.11. The van der Waals surface area contributed by atoms with Crippen LogP contribution in [0, 0.1) is 0 Å². The second-order valence-corrected chi connectivity index (χ2v) is 4.85. The zero-order valence-corrected chi connectivity index (χ0v) is 10.7. The molecule has 0 aliphatic heterocycles. The van der Waals surface area contributed by atoms with E-state index in [1.807, 2.05) is 30.3 Å². The van der Waals surface area contributed by atoms with Crippen molar-refractivity contribution in [2.24, 2.45) is 0 Å². The summed E-state index contributed by atoms with van der Waals surface area (Å²) >= 11 is 1.18. The third kappa shape index (κ3) is 3.04. The Labute approximate surface area is 109 Å². The predicted octanol–water partition coefficient (Wildman–Crippen LogP) is 1.92. The molecule has 0 unspecified atom stereocenters. The van der Waals surface area contributed by atoms with Crippen LogP contribution in [0.4, 0.5) is 5.13 Å². The van der Waals surface area contributed by atoms with E-state index >= 15 is 0 Å². The highest BCUT2D eigenvalue weighted by Crippen LogP contribution is 2.21. The first-order valence-corrected chi connectivity index (χ1v) is 6.27. The number of nitrogens with zero attached hydrogens (tertiary/aromatic N) is 3. The largest absolute Gasteiger partial charge is 0.477 e. The van der Waals surface area contributed by atoms with Crippen LogP contribution in [0.2, 0.25) is 0 Å². The molecule has 5 nitrogen and oxygen atoms in total. The van der Waals surface area contributed by atoms with Crippen LogP contribution in [0.25, 0.3) is 0 Å². The maximum Gasteiger partial charge on any atom is 0.347 e. The van der Waals surface area contributed by atoms with Gasteiger partial charge < -0.3 is 10.0 Å². The summed E-state index contributed by atoms with van der Waals surface area (Å²) in [4.78, 5) is 21.1. The Hall–Kier alpha value is -1.95. The minimum Gasteiger partial charge on any atom is -0.477 e. The van der Waals surface area contributed by atoms with E-state index in [1.54, 1.807) is 6.20 Å². The number of aromatic carboxylic acids is 1. The molecule has 0 saturated carbocycles. The van der Waals surface area contributed by atoms with E-state index in [1.165, 1.54) is 17.5 Å². The average molecular weight is 263 g/mol. The van der Waals surface area contributed by atoms with Gasteiger partial charge in [-0.05, 0) is 18.1 Å². The number of carboxylic acid groups (broad SMARTS) is 1. The standard InChI is InChI=1S/C12H13N3O2S/c1-15(6-4-9-3-2-5-13-7-9)12-14-8-10(18-12)11(16)17/h2-3,5,7-8H,4,6H2,1H3,(H,16,17). The van der Waals surface area contributed by atoms with Crippen molar-refractivity contribution in [2.75, 3.05) is 18.5 Å². The van der Waals surface area contributed by atoms with Crippen molar-refractivity contribution in [2.45, 2.75) is 6.42 Å². The van der Waals surface area contributed by atoms with E-state index in [4.69, 9.17) is 5.11 Å². The molecule has 0 radical (unpaired) electrons. The number of carbonyl (C=O) groups is 1. The molecule has 2 heterocycles. The molecule has 18 heavy (non-hydrogen) atoms. The zero-order valence-electron chi connectivity index (χ0n) is 9.91. The van der Waals surface area contributed by atoms with E-state index in [9.17, 15) is 4.79 Å². The van der Waals surface area contributed by atoms with Crippen molar-refractivity contribution >= 4 is 22.4 Å². The Morgan fingerprint density at radius 1 is 1.50 bits per heavy atom. The van der Waals surface area contributed by atoms with Gasteiger partial charge in [-0.25, -0.2) is 9.78 Å². The number of anilines is 1. The van der Waals surface area contributed by atoms with Gasteiger partial charge >= 0.3 is 5.97 Å². The molecule has 94 valence electrons. The van der Waals surface area contributed by atoms with Gasteiger partial charge in [0.25, 0.3) is 0 Å². The molecule has 0 bridgehead atoms. The number of likely N-dealkylation sites (N-methyl/N-ethyl adjacent to an activating group) is 1. The Kier molecular flexibility index (Phi) is 3.88. The van der Waals surface area contributed by atoms with Gasteiger partial charge in [-0.1, -0.05) is 17.4 Å². The number of hydrogen-bond donors (Lipinski definition) is 1. The lowest BCUT2D eigenvalue weighted by Gasteiger charge is -2.15. The molecule has 0 aliphatic rings. The second-order valence-electron chi connectivity index (χ2n) is 3.85. The first kappa shape index (κ1) is 12.5. The lowest BCUT2D eigenvalue weighted by molar-refractivity contribution is 0.0702. The van der Waals surface area contributed by atoms with Crippen molar-refractivity contribution < 1.29 is 9.90 Å². The molecule has 0 fully saturated rings. The van der Waals surface area contributed by atoms with Gasteiger partial charge in [-0.3, -0.25) is 4.98 Å². The molecule has 0 amide bonds. The molecule has 0 aliphatic carbocycles. The van der Waals surface area contributed by atoms with Gasteiger partial charge in [-0.2, -0.15) is 0 Å². The highest BCUT2D eigenvalue weighted by atomic mass is 32.1. The second kappa shape index (κ2) is 5.59. The molecule has 2 rings (SSSR count). The van der Waals surface area contributed by atoms with Crippen molar-refractivity contribution in [3.63, 3.8) is 0 Å². The van der Waals surface area contributed by atoms with Gasteiger partial charge in [0.1, 0.15) is 4.88 Å².